The number of nitrogens with one attached hydrogen (secondary N) is 1. The third kappa shape index (κ3) is 6.19. The van der Waals surface area contributed by atoms with Gasteiger partial charge in [0.2, 0.25) is 5.91 Å². The van der Waals surface area contributed by atoms with E-state index in [1.807, 2.05) is 4.90 Å². The fourth-order valence-corrected chi connectivity index (χ4v) is 1.60. The van der Waals surface area contributed by atoms with Crippen molar-refractivity contribution in [2.75, 3.05) is 51.0 Å². The van der Waals surface area contributed by atoms with Crippen molar-refractivity contribution >= 4 is 17.3 Å². The van der Waals surface area contributed by atoms with Gasteiger partial charge in [0, 0.05) is 31.6 Å². The summed E-state index contributed by atoms with van der Waals surface area (Å²) in [5.41, 5.74) is 6.93. The number of amides is 1. The average Bonchev–Trinajstić information content (AvgIpc) is 2.39. The van der Waals surface area contributed by atoms with Crippen LogP contribution in [0.15, 0.2) is 24.3 Å². The van der Waals surface area contributed by atoms with Gasteiger partial charge in [-0.2, -0.15) is 0 Å². The molecular weight excluding hydrogens is 246 g/mol. The molecule has 0 heterocycles. The Bertz CT molecular complexity index is 381. The Balaban J connectivity index is 2.45. The minimum Gasteiger partial charge on any atom is -0.399 e. The van der Waals surface area contributed by atoms with Gasteiger partial charge in [-0.1, -0.05) is 0 Å². The van der Waals surface area contributed by atoms with Crippen LogP contribution in [0, 0.1) is 0 Å². The third-order valence-corrected chi connectivity index (χ3v) is 2.59. The van der Waals surface area contributed by atoms with Gasteiger partial charge in [0.15, 0.2) is 0 Å². The number of anilines is 2. The van der Waals surface area contributed by atoms with E-state index in [-0.39, 0.29) is 19.1 Å². The standard InChI is InChI=1S/C13H21N3O3/c1-19-9-7-16(6-8-17)10-13(18)15-12-4-2-11(14)3-5-12/h2-5,17H,6-10,14H2,1H3,(H,15,18). The summed E-state index contributed by atoms with van der Waals surface area (Å²) in [7, 11) is 1.60. The van der Waals surface area contributed by atoms with Crippen LogP contribution in [0.1, 0.15) is 0 Å². The summed E-state index contributed by atoms with van der Waals surface area (Å²) in [6, 6.07) is 6.95. The van der Waals surface area contributed by atoms with Crippen LogP contribution in [0.5, 0.6) is 0 Å². The molecule has 0 aliphatic rings. The molecule has 0 saturated heterocycles. The molecule has 0 unspecified atom stereocenters. The van der Waals surface area contributed by atoms with E-state index in [1.165, 1.54) is 0 Å². The zero-order valence-corrected chi connectivity index (χ0v) is 11.1. The van der Waals surface area contributed by atoms with Crippen LogP contribution >= 0.6 is 0 Å². The predicted octanol–water partition coefficient (Wildman–Crippen LogP) is 0.148. The number of hydrogen-bond acceptors (Lipinski definition) is 5. The number of ether oxygens (including phenoxy) is 1. The van der Waals surface area contributed by atoms with Gasteiger partial charge in [-0.3, -0.25) is 9.69 Å². The van der Waals surface area contributed by atoms with Crippen molar-refractivity contribution in [2.24, 2.45) is 0 Å². The Morgan fingerprint density at radius 1 is 1.37 bits per heavy atom. The number of hydrogen-bond donors (Lipinski definition) is 3. The normalized spacial score (nSPS) is 10.7. The monoisotopic (exact) mass is 267 g/mol. The first kappa shape index (κ1) is 15.4. The molecule has 0 spiro atoms. The van der Waals surface area contributed by atoms with E-state index in [4.69, 9.17) is 15.6 Å². The molecule has 1 aromatic rings. The highest BCUT2D eigenvalue weighted by atomic mass is 16.5. The van der Waals surface area contributed by atoms with E-state index in [0.29, 0.717) is 31.1 Å². The molecule has 0 aliphatic heterocycles. The summed E-state index contributed by atoms with van der Waals surface area (Å²) in [6.45, 7) is 1.80. The Morgan fingerprint density at radius 2 is 2.05 bits per heavy atom. The number of aliphatic hydroxyl groups is 1. The lowest BCUT2D eigenvalue weighted by Crippen LogP contribution is -2.37. The molecule has 6 heteroatoms. The first-order valence-corrected chi connectivity index (χ1v) is 6.13. The zero-order valence-electron chi connectivity index (χ0n) is 11.1. The fraction of sp³-hybridized carbons (Fsp3) is 0.462. The van der Waals surface area contributed by atoms with Crippen molar-refractivity contribution in [1.29, 1.82) is 0 Å². The van der Waals surface area contributed by atoms with Gasteiger partial charge < -0.3 is 20.9 Å². The molecule has 0 atom stereocenters. The first-order chi connectivity index (χ1) is 9.15. The maximum absolute atomic E-state index is 11.8. The average molecular weight is 267 g/mol. The van der Waals surface area contributed by atoms with Crippen LogP contribution in [0.25, 0.3) is 0 Å². The molecule has 1 amide bonds. The van der Waals surface area contributed by atoms with Gasteiger partial charge in [0.05, 0.1) is 19.8 Å². The van der Waals surface area contributed by atoms with Gasteiger partial charge in [0.1, 0.15) is 0 Å². The summed E-state index contributed by atoms with van der Waals surface area (Å²) >= 11 is 0. The number of methoxy groups -OCH3 is 1. The summed E-state index contributed by atoms with van der Waals surface area (Å²) in [6.07, 6.45) is 0. The number of benzene rings is 1. The highest BCUT2D eigenvalue weighted by molar-refractivity contribution is 5.92. The third-order valence-electron chi connectivity index (χ3n) is 2.59. The maximum Gasteiger partial charge on any atom is 0.238 e. The Kier molecular flexibility index (Phi) is 6.88. The molecule has 1 aromatic carbocycles. The van der Waals surface area contributed by atoms with Crippen LogP contribution < -0.4 is 11.1 Å². The van der Waals surface area contributed by atoms with Crippen molar-refractivity contribution in [3.05, 3.63) is 24.3 Å². The quantitative estimate of drug-likeness (QED) is 0.583. The minimum absolute atomic E-state index is 0.0128. The molecule has 4 N–H and O–H groups in total. The second kappa shape index (κ2) is 8.47. The molecule has 0 aromatic heterocycles. The van der Waals surface area contributed by atoms with Gasteiger partial charge >= 0.3 is 0 Å². The van der Waals surface area contributed by atoms with E-state index >= 15 is 0 Å². The van der Waals surface area contributed by atoms with E-state index < -0.39 is 0 Å². The number of nitrogen functional groups attached to an aromatic ring is 1. The number of nitrogens with two attached hydrogens (primary N) is 1. The summed E-state index contributed by atoms with van der Waals surface area (Å²) in [5, 5.41) is 11.7. The number of nitrogens with zero attached hydrogens (tertiary/aromatic N) is 1. The first-order valence-electron chi connectivity index (χ1n) is 6.13. The minimum atomic E-state index is -0.130. The molecule has 1 rings (SSSR count). The lowest BCUT2D eigenvalue weighted by Gasteiger charge is -2.20. The summed E-state index contributed by atoms with van der Waals surface area (Å²) < 4.78 is 4.96. The number of carbonyl (C=O) groups is 1. The topological polar surface area (TPSA) is 87.8 Å². The van der Waals surface area contributed by atoms with Crippen LogP contribution in [0.4, 0.5) is 11.4 Å². The molecule has 0 saturated carbocycles. The highest BCUT2D eigenvalue weighted by Crippen LogP contribution is 2.10. The van der Waals surface area contributed by atoms with Crippen molar-refractivity contribution in [1.82, 2.24) is 4.90 Å². The molecule has 0 bridgehead atoms. The van der Waals surface area contributed by atoms with Crippen molar-refractivity contribution < 1.29 is 14.6 Å². The van der Waals surface area contributed by atoms with Crippen LogP contribution in [-0.2, 0) is 9.53 Å². The van der Waals surface area contributed by atoms with E-state index in [2.05, 4.69) is 5.32 Å². The van der Waals surface area contributed by atoms with Crippen LogP contribution in [0.3, 0.4) is 0 Å². The fourth-order valence-electron chi connectivity index (χ4n) is 1.60. The van der Waals surface area contributed by atoms with Crippen molar-refractivity contribution in [2.45, 2.75) is 0 Å². The number of carbonyl (C=O) groups excluding carboxylic acids is 1. The lowest BCUT2D eigenvalue weighted by molar-refractivity contribution is -0.117. The molecule has 19 heavy (non-hydrogen) atoms. The van der Waals surface area contributed by atoms with E-state index in [9.17, 15) is 4.79 Å². The summed E-state index contributed by atoms with van der Waals surface area (Å²) in [4.78, 5) is 13.7. The Hall–Kier alpha value is -1.63. The molecule has 0 fully saturated rings. The van der Waals surface area contributed by atoms with Gasteiger partial charge in [-0.05, 0) is 24.3 Å². The molecular formula is C13H21N3O3. The largest absolute Gasteiger partial charge is 0.399 e. The number of rotatable bonds is 8. The number of aliphatic hydroxyl groups excluding tert-OH is 1. The van der Waals surface area contributed by atoms with Gasteiger partial charge in [0.25, 0.3) is 0 Å². The second-order valence-corrected chi connectivity index (χ2v) is 4.16. The zero-order chi connectivity index (χ0) is 14.1. The van der Waals surface area contributed by atoms with E-state index in [1.54, 1.807) is 31.4 Å². The molecule has 0 aliphatic carbocycles. The highest BCUT2D eigenvalue weighted by Gasteiger charge is 2.10. The molecule has 0 radical (unpaired) electrons. The SMILES string of the molecule is COCCN(CCO)CC(=O)Nc1ccc(N)cc1. The smallest absolute Gasteiger partial charge is 0.238 e. The van der Waals surface area contributed by atoms with E-state index in [0.717, 1.165) is 0 Å². The van der Waals surface area contributed by atoms with Crippen LogP contribution in [-0.4, -0.2) is 55.9 Å². The molecule has 106 valence electrons. The second-order valence-electron chi connectivity index (χ2n) is 4.16. The maximum atomic E-state index is 11.8. The Labute approximate surface area is 113 Å². The van der Waals surface area contributed by atoms with Gasteiger partial charge in [-0.15, -0.1) is 0 Å². The predicted molar refractivity (Wildman–Crippen MR) is 74.9 cm³/mol. The lowest BCUT2D eigenvalue weighted by atomic mass is 10.3. The summed E-state index contributed by atoms with van der Waals surface area (Å²) in [5.74, 6) is -0.130. The van der Waals surface area contributed by atoms with Crippen molar-refractivity contribution in [3.63, 3.8) is 0 Å². The van der Waals surface area contributed by atoms with Gasteiger partial charge in [-0.25, -0.2) is 0 Å². The van der Waals surface area contributed by atoms with Crippen LogP contribution in [0.2, 0.25) is 0 Å². The van der Waals surface area contributed by atoms with Crippen molar-refractivity contribution in [3.8, 4) is 0 Å². The molecule has 6 nitrogen and oxygen atoms in total. The Morgan fingerprint density at radius 3 is 2.63 bits per heavy atom.